The van der Waals surface area contributed by atoms with Crippen molar-refractivity contribution in [2.24, 2.45) is 5.92 Å². The summed E-state index contributed by atoms with van der Waals surface area (Å²) < 4.78 is 0. The molecule has 5 nitrogen and oxygen atoms in total. The Labute approximate surface area is 198 Å². The number of Topliss-reactive ketones (excluding diaryl/α,β-unsaturated/α-hetero) is 1. The van der Waals surface area contributed by atoms with Gasteiger partial charge in [-0.05, 0) is 55.4 Å². The third-order valence-corrected chi connectivity index (χ3v) is 7.85. The van der Waals surface area contributed by atoms with Crippen LogP contribution in [-0.2, 0) is 20.5 Å². The molecule has 2 aromatic rings. The van der Waals surface area contributed by atoms with E-state index in [4.69, 9.17) is 23.2 Å². The van der Waals surface area contributed by atoms with E-state index >= 15 is 0 Å². The number of hydrogen-bond acceptors (Lipinski definition) is 4. The summed E-state index contributed by atoms with van der Waals surface area (Å²) in [5.41, 5.74) is 0.793. The van der Waals surface area contributed by atoms with Crippen LogP contribution < -0.4 is 5.32 Å². The second-order valence-corrected chi connectivity index (χ2v) is 9.93. The first-order chi connectivity index (χ1) is 15.3. The van der Waals surface area contributed by atoms with Crippen LogP contribution in [0.4, 0.5) is 0 Å². The number of aliphatic carboxylic acids is 1. The van der Waals surface area contributed by atoms with Gasteiger partial charge in [-0.15, -0.1) is 0 Å². The van der Waals surface area contributed by atoms with E-state index in [2.05, 4.69) is 22.3 Å². The SMILES string of the molecule is CC(=O)CNC1(c2ccccc2)CCN(C[C@@H]2C[C@@]2(C(=O)O)c2ccc(Cl)c(Cl)c2)CC1. The fourth-order valence-electron chi connectivity index (χ4n) is 5.11. The van der Waals surface area contributed by atoms with E-state index in [9.17, 15) is 14.7 Å². The smallest absolute Gasteiger partial charge is 0.314 e. The minimum Gasteiger partial charge on any atom is -0.481 e. The molecule has 0 aromatic heterocycles. The van der Waals surface area contributed by atoms with Crippen molar-refractivity contribution in [3.05, 3.63) is 69.7 Å². The summed E-state index contributed by atoms with van der Waals surface area (Å²) in [4.78, 5) is 26.2. The standard InChI is InChI=1S/C25H28Cl2N2O3/c1-17(30)15-28-24(18-5-3-2-4-6-18)9-11-29(12-10-24)16-20-14-25(20,23(31)32)19-7-8-21(26)22(27)13-19/h2-8,13,20,28H,9-12,14-16H2,1H3,(H,31,32)/t20-,25+/m0/s1. The molecule has 1 aliphatic heterocycles. The molecule has 2 aliphatic rings. The molecule has 2 N–H and O–H groups in total. The van der Waals surface area contributed by atoms with Crippen LogP contribution in [0.2, 0.25) is 10.0 Å². The van der Waals surface area contributed by atoms with Crippen molar-refractivity contribution in [3.8, 4) is 0 Å². The van der Waals surface area contributed by atoms with Crippen molar-refractivity contribution in [2.45, 2.75) is 37.1 Å². The quantitative estimate of drug-likeness (QED) is 0.588. The Hall–Kier alpha value is -1.92. The van der Waals surface area contributed by atoms with E-state index in [1.165, 1.54) is 5.56 Å². The third-order valence-electron chi connectivity index (χ3n) is 7.11. The van der Waals surface area contributed by atoms with E-state index in [-0.39, 0.29) is 17.2 Å². The number of ketones is 1. The summed E-state index contributed by atoms with van der Waals surface area (Å²) >= 11 is 12.2. The van der Waals surface area contributed by atoms with E-state index in [0.29, 0.717) is 23.0 Å². The lowest BCUT2D eigenvalue weighted by atomic mass is 9.80. The summed E-state index contributed by atoms with van der Waals surface area (Å²) in [6.45, 7) is 4.35. The first-order valence-corrected chi connectivity index (χ1v) is 11.7. The molecular weight excluding hydrogens is 447 g/mol. The van der Waals surface area contributed by atoms with Gasteiger partial charge in [-0.1, -0.05) is 59.6 Å². The Morgan fingerprint density at radius 1 is 1.06 bits per heavy atom. The van der Waals surface area contributed by atoms with Gasteiger partial charge in [0.25, 0.3) is 0 Å². The lowest BCUT2D eigenvalue weighted by Crippen LogP contribution is -2.52. The summed E-state index contributed by atoms with van der Waals surface area (Å²) in [7, 11) is 0. The van der Waals surface area contributed by atoms with Crippen LogP contribution >= 0.6 is 23.2 Å². The van der Waals surface area contributed by atoms with Crippen LogP contribution in [0.25, 0.3) is 0 Å². The molecule has 1 saturated heterocycles. The zero-order valence-corrected chi connectivity index (χ0v) is 19.6. The number of nitrogens with zero attached hydrogens (tertiary/aromatic N) is 1. The second-order valence-electron chi connectivity index (χ2n) is 9.11. The number of halogens is 2. The molecule has 2 fully saturated rings. The van der Waals surface area contributed by atoms with Gasteiger partial charge in [0.2, 0.25) is 0 Å². The van der Waals surface area contributed by atoms with Gasteiger partial charge in [-0.2, -0.15) is 0 Å². The molecule has 0 spiro atoms. The number of piperidine rings is 1. The van der Waals surface area contributed by atoms with Crippen LogP contribution in [0.1, 0.15) is 37.3 Å². The summed E-state index contributed by atoms with van der Waals surface area (Å²) in [5.74, 6) is -0.653. The molecule has 4 rings (SSSR count). The van der Waals surface area contributed by atoms with E-state index in [1.807, 2.05) is 18.2 Å². The highest BCUT2D eigenvalue weighted by Crippen LogP contribution is 2.55. The molecular formula is C25H28Cl2N2O3. The Kier molecular flexibility index (Phi) is 6.64. The van der Waals surface area contributed by atoms with E-state index in [1.54, 1.807) is 25.1 Å². The van der Waals surface area contributed by atoms with Gasteiger partial charge in [-0.3, -0.25) is 9.59 Å². The largest absolute Gasteiger partial charge is 0.481 e. The zero-order chi connectivity index (χ0) is 22.9. The number of carboxylic acids is 1. The van der Waals surface area contributed by atoms with Crippen molar-refractivity contribution < 1.29 is 14.7 Å². The van der Waals surface area contributed by atoms with Gasteiger partial charge in [0.05, 0.1) is 22.0 Å². The molecule has 32 heavy (non-hydrogen) atoms. The van der Waals surface area contributed by atoms with Crippen LogP contribution in [-0.4, -0.2) is 47.9 Å². The molecule has 1 saturated carbocycles. The molecule has 2 atom stereocenters. The first-order valence-electron chi connectivity index (χ1n) is 11.0. The van der Waals surface area contributed by atoms with Crippen LogP contribution in [0.15, 0.2) is 48.5 Å². The van der Waals surface area contributed by atoms with Crippen molar-refractivity contribution in [3.63, 3.8) is 0 Å². The Balaban J connectivity index is 1.45. The fourth-order valence-corrected chi connectivity index (χ4v) is 5.41. The van der Waals surface area contributed by atoms with Crippen molar-refractivity contribution in [1.29, 1.82) is 0 Å². The molecule has 0 bridgehead atoms. The number of carbonyl (C=O) groups excluding carboxylic acids is 1. The fraction of sp³-hybridized carbons (Fsp3) is 0.440. The van der Waals surface area contributed by atoms with E-state index < -0.39 is 11.4 Å². The monoisotopic (exact) mass is 474 g/mol. The average Bonchev–Trinajstić information content (AvgIpc) is 3.51. The van der Waals surface area contributed by atoms with Gasteiger partial charge in [0.15, 0.2) is 0 Å². The highest BCUT2D eigenvalue weighted by molar-refractivity contribution is 6.42. The number of carboxylic acid groups (broad SMARTS) is 1. The molecule has 0 unspecified atom stereocenters. The van der Waals surface area contributed by atoms with Crippen molar-refractivity contribution in [2.75, 3.05) is 26.2 Å². The predicted molar refractivity (Wildman–Crippen MR) is 126 cm³/mol. The molecule has 170 valence electrons. The molecule has 7 heteroatoms. The topological polar surface area (TPSA) is 69.6 Å². The lowest BCUT2D eigenvalue weighted by molar-refractivity contribution is -0.140. The number of carbonyl (C=O) groups is 2. The van der Waals surface area contributed by atoms with Gasteiger partial charge in [-0.25, -0.2) is 0 Å². The average molecular weight is 475 g/mol. The van der Waals surface area contributed by atoms with E-state index in [0.717, 1.165) is 38.0 Å². The molecule has 1 heterocycles. The van der Waals surface area contributed by atoms with Gasteiger partial charge >= 0.3 is 5.97 Å². The van der Waals surface area contributed by atoms with Gasteiger partial charge in [0.1, 0.15) is 5.78 Å². The summed E-state index contributed by atoms with van der Waals surface area (Å²) in [6.07, 6.45) is 2.33. The molecule has 1 aliphatic carbocycles. The van der Waals surface area contributed by atoms with Gasteiger partial charge < -0.3 is 15.3 Å². The molecule has 0 radical (unpaired) electrons. The Morgan fingerprint density at radius 3 is 2.34 bits per heavy atom. The molecule has 0 amide bonds. The summed E-state index contributed by atoms with van der Waals surface area (Å²) in [6, 6.07) is 15.4. The second kappa shape index (κ2) is 9.14. The minimum absolute atomic E-state index is 0.0339. The predicted octanol–water partition coefficient (Wildman–Crippen LogP) is 4.51. The Morgan fingerprint density at radius 2 is 1.75 bits per heavy atom. The highest BCUT2D eigenvalue weighted by atomic mass is 35.5. The van der Waals surface area contributed by atoms with Crippen molar-refractivity contribution in [1.82, 2.24) is 10.2 Å². The maximum absolute atomic E-state index is 12.2. The third kappa shape index (κ3) is 4.44. The number of benzene rings is 2. The van der Waals surface area contributed by atoms with Crippen LogP contribution in [0.5, 0.6) is 0 Å². The first kappa shape index (κ1) is 23.2. The maximum atomic E-state index is 12.2. The number of likely N-dealkylation sites (tertiary alicyclic amines) is 1. The van der Waals surface area contributed by atoms with Crippen LogP contribution in [0, 0.1) is 5.92 Å². The lowest BCUT2D eigenvalue weighted by Gasteiger charge is -2.43. The maximum Gasteiger partial charge on any atom is 0.314 e. The van der Waals surface area contributed by atoms with Crippen LogP contribution in [0.3, 0.4) is 0 Å². The Bertz CT molecular complexity index is 1010. The van der Waals surface area contributed by atoms with Gasteiger partial charge in [0, 0.05) is 25.2 Å². The number of rotatable bonds is 8. The number of nitrogens with one attached hydrogen (secondary N) is 1. The zero-order valence-electron chi connectivity index (χ0n) is 18.1. The summed E-state index contributed by atoms with van der Waals surface area (Å²) in [5, 5.41) is 14.4. The van der Waals surface area contributed by atoms with Crippen molar-refractivity contribution >= 4 is 35.0 Å². The normalized spacial score (nSPS) is 24.8. The highest BCUT2D eigenvalue weighted by Gasteiger charge is 2.62. The number of hydrogen-bond donors (Lipinski definition) is 2. The molecule has 2 aromatic carbocycles. The minimum atomic E-state index is -0.894.